The Morgan fingerprint density at radius 3 is 2.30 bits per heavy atom. The SMILES string of the molecule is Cc1ccccc1CN1CCN(c2ccccc2C)C(=O)[C@@H]1C. The van der Waals surface area contributed by atoms with E-state index < -0.39 is 0 Å². The molecule has 0 bridgehead atoms. The highest BCUT2D eigenvalue weighted by Crippen LogP contribution is 2.25. The lowest BCUT2D eigenvalue weighted by Crippen LogP contribution is -2.55. The van der Waals surface area contributed by atoms with E-state index in [4.69, 9.17) is 0 Å². The third kappa shape index (κ3) is 3.15. The van der Waals surface area contributed by atoms with Gasteiger partial charge in [0.1, 0.15) is 0 Å². The molecule has 1 aliphatic heterocycles. The van der Waals surface area contributed by atoms with Crippen LogP contribution in [0.2, 0.25) is 0 Å². The standard InChI is InChI=1S/C20H24N2O/c1-15-8-4-6-10-18(15)14-21-12-13-22(20(23)17(21)3)19-11-7-5-9-16(19)2/h4-11,17H,12-14H2,1-3H3/t17-/m0/s1. The fraction of sp³-hybridized carbons (Fsp3) is 0.350. The number of carbonyl (C=O) groups is 1. The molecule has 1 heterocycles. The lowest BCUT2D eigenvalue weighted by molar-refractivity contribution is -0.125. The third-order valence-electron chi connectivity index (χ3n) is 4.82. The van der Waals surface area contributed by atoms with Crippen LogP contribution in [0.4, 0.5) is 5.69 Å². The minimum atomic E-state index is -0.0945. The number of rotatable bonds is 3. The second-order valence-corrected chi connectivity index (χ2v) is 6.35. The van der Waals surface area contributed by atoms with Crippen LogP contribution in [-0.4, -0.2) is 29.9 Å². The zero-order valence-electron chi connectivity index (χ0n) is 14.1. The van der Waals surface area contributed by atoms with Crippen LogP contribution in [0.5, 0.6) is 0 Å². The van der Waals surface area contributed by atoms with Gasteiger partial charge in [-0.05, 0) is 43.5 Å². The van der Waals surface area contributed by atoms with E-state index in [-0.39, 0.29) is 11.9 Å². The predicted octanol–water partition coefficient (Wildman–Crippen LogP) is 3.54. The number of hydrogen-bond acceptors (Lipinski definition) is 2. The molecule has 3 heteroatoms. The minimum absolute atomic E-state index is 0.0945. The van der Waals surface area contributed by atoms with Gasteiger partial charge in [-0.2, -0.15) is 0 Å². The smallest absolute Gasteiger partial charge is 0.244 e. The van der Waals surface area contributed by atoms with Crippen LogP contribution in [0.1, 0.15) is 23.6 Å². The monoisotopic (exact) mass is 308 g/mol. The van der Waals surface area contributed by atoms with Gasteiger partial charge in [0.05, 0.1) is 6.04 Å². The molecule has 2 aromatic rings. The Kier molecular flexibility index (Phi) is 4.49. The molecule has 0 N–H and O–H groups in total. The van der Waals surface area contributed by atoms with Gasteiger partial charge in [-0.15, -0.1) is 0 Å². The zero-order chi connectivity index (χ0) is 16.4. The summed E-state index contributed by atoms with van der Waals surface area (Å²) in [6, 6.07) is 16.4. The van der Waals surface area contributed by atoms with Crippen LogP contribution in [0.15, 0.2) is 48.5 Å². The van der Waals surface area contributed by atoms with Crippen LogP contribution in [0.25, 0.3) is 0 Å². The third-order valence-corrected chi connectivity index (χ3v) is 4.82. The maximum Gasteiger partial charge on any atom is 0.244 e. The second-order valence-electron chi connectivity index (χ2n) is 6.35. The van der Waals surface area contributed by atoms with Gasteiger partial charge in [0, 0.05) is 25.3 Å². The molecule has 23 heavy (non-hydrogen) atoms. The quantitative estimate of drug-likeness (QED) is 0.866. The van der Waals surface area contributed by atoms with E-state index in [1.165, 1.54) is 11.1 Å². The van der Waals surface area contributed by atoms with Crippen LogP contribution in [0.3, 0.4) is 0 Å². The van der Waals surface area contributed by atoms with Crippen molar-refractivity contribution in [2.45, 2.75) is 33.4 Å². The van der Waals surface area contributed by atoms with Crippen molar-refractivity contribution < 1.29 is 4.79 Å². The summed E-state index contributed by atoms with van der Waals surface area (Å²) in [5, 5.41) is 0. The first kappa shape index (κ1) is 15.8. The summed E-state index contributed by atoms with van der Waals surface area (Å²) in [7, 11) is 0. The van der Waals surface area contributed by atoms with Gasteiger partial charge in [-0.3, -0.25) is 9.69 Å². The molecule has 0 saturated carbocycles. The Labute approximate surface area is 138 Å². The highest BCUT2D eigenvalue weighted by molar-refractivity contribution is 5.98. The van der Waals surface area contributed by atoms with Crippen LogP contribution in [-0.2, 0) is 11.3 Å². The maximum absolute atomic E-state index is 12.8. The molecule has 1 aliphatic rings. The van der Waals surface area contributed by atoms with Gasteiger partial charge in [-0.1, -0.05) is 42.5 Å². The molecule has 1 amide bonds. The van der Waals surface area contributed by atoms with E-state index in [0.717, 1.165) is 30.9 Å². The van der Waals surface area contributed by atoms with Gasteiger partial charge < -0.3 is 4.90 Å². The van der Waals surface area contributed by atoms with Crippen molar-refractivity contribution in [3.05, 3.63) is 65.2 Å². The van der Waals surface area contributed by atoms with Crippen molar-refractivity contribution in [1.29, 1.82) is 0 Å². The molecule has 1 atom stereocenters. The molecule has 0 aromatic heterocycles. The fourth-order valence-electron chi connectivity index (χ4n) is 3.24. The molecule has 1 saturated heterocycles. The molecule has 2 aromatic carbocycles. The Morgan fingerprint density at radius 2 is 1.61 bits per heavy atom. The van der Waals surface area contributed by atoms with Crippen molar-refractivity contribution in [3.63, 3.8) is 0 Å². The molecule has 1 fully saturated rings. The van der Waals surface area contributed by atoms with Crippen molar-refractivity contribution in [1.82, 2.24) is 4.90 Å². The number of para-hydroxylation sites is 1. The first-order chi connectivity index (χ1) is 11.1. The van der Waals surface area contributed by atoms with Gasteiger partial charge >= 0.3 is 0 Å². The summed E-state index contributed by atoms with van der Waals surface area (Å²) in [6.07, 6.45) is 0. The average molecular weight is 308 g/mol. The first-order valence-electron chi connectivity index (χ1n) is 8.23. The summed E-state index contributed by atoms with van der Waals surface area (Å²) in [4.78, 5) is 17.1. The van der Waals surface area contributed by atoms with Crippen LogP contribution < -0.4 is 4.90 Å². The molecule has 3 nitrogen and oxygen atoms in total. The summed E-state index contributed by atoms with van der Waals surface area (Å²) < 4.78 is 0. The van der Waals surface area contributed by atoms with Gasteiger partial charge in [0.25, 0.3) is 0 Å². The van der Waals surface area contributed by atoms with E-state index in [9.17, 15) is 4.79 Å². The Balaban J connectivity index is 1.77. The van der Waals surface area contributed by atoms with Crippen LogP contribution in [0, 0.1) is 13.8 Å². The topological polar surface area (TPSA) is 23.6 Å². The Bertz CT molecular complexity index is 710. The highest BCUT2D eigenvalue weighted by Gasteiger charge is 2.32. The fourth-order valence-corrected chi connectivity index (χ4v) is 3.24. The van der Waals surface area contributed by atoms with E-state index >= 15 is 0 Å². The normalized spacial score (nSPS) is 19.2. The average Bonchev–Trinajstić information content (AvgIpc) is 2.55. The largest absolute Gasteiger partial charge is 0.310 e. The summed E-state index contributed by atoms with van der Waals surface area (Å²) in [6.45, 7) is 8.69. The molecule has 120 valence electrons. The summed E-state index contributed by atoms with van der Waals surface area (Å²) in [5.41, 5.74) is 4.78. The van der Waals surface area contributed by atoms with E-state index in [0.29, 0.717) is 0 Å². The van der Waals surface area contributed by atoms with Crippen molar-refractivity contribution in [3.8, 4) is 0 Å². The van der Waals surface area contributed by atoms with E-state index in [1.54, 1.807) is 0 Å². The number of piperazine rings is 1. The number of benzene rings is 2. The summed E-state index contributed by atoms with van der Waals surface area (Å²) >= 11 is 0. The molecular weight excluding hydrogens is 284 g/mol. The maximum atomic E-state index is 12.8. The number of anilines is 1. The van der Waals surface area contributed by atoms with Crippen molar-refractivity contribution in [2.24, 2.45) is 0 Å². The molecular formula is C20H24N2O. The number of hydrogen-bond donors (Lipinski definition) is 0. The number of aryl methyl sites for hydroxylation is 2. The Morgan fingerprint density at radius 1 is 0.957 bits per heavy atom. The summed E-state index contributed by atoms with van der Waals surface area (Å²) in [5.74, 6) is 0.194. The van der Waals surface area contributed by atoms with Crippen molar-refractivity contribution >= 4 is 11.6 Å². The number of amides is 1. The molecule has 3 rings (SSSR count). The predicted molar refractivity (Wildman–Crippen MR) is 94.6 cm³/mol. The molecule has 0 unspecified atom stereocenters. The lowest BCUT2D eigenvalue weighted by atomic mass is 10.1. The van der Waals surface area contributed by atoms with Gasteiger partial charge in [0.15, 0.2) is 0 Å². The van der Waals surface area contributed by atoms with Gasteiger partial charge in [0.2, 0.25) is 5.91 Å². The van der Waals surface area contributed by atoms with E-state index in [1.807, 2.05) is 30.0 Å². The number of nitrogens with zero attached hydrogens (tertiary/aromatic N) is 2. The molecule has 0 aliphatic carbocycles. The lowest BCUT2D eigenvalue weighted by Gasteiger charge is -2.39. The molecule has 0 spiro atoms. The zero-order valence-corrected chi connectivity index (χ0v) is 14.1. The Hall–Kier alpha value is -2.13. The number of carbonyl (C=O) groups excluding carboxylic acids is 1. The van der Waals surface area contributed by atoms with Crippen molar-refractivity contribution in [2.75, 3.05) is 18.0 Å². The molecule has 0 radical (unpaired) electrons. The highest BCUT2D eigenvalue weighted by atomic mass is 16.2. The van der Waals surface area contributed by atoms with Crippen LogP contribution >= 0.6 is 0 Å². The minimum Gasteiger partial charge on any atom is -0.310 e. The first-order valence-corrected chi connectivity index (χ1v) is 8.23. The van der Waals surface area contributed by atoms with Gasteiger partial charge in [-0.25, -0.2) is 0 Å². The van der Waals surface area contributed by atoms with E-state index in [2.05, 4.69) is 49.1 Å². The second kappa shape index (κ2) is 6.55.